The molecule has 1 saturated heterocycles. The van der Waals surface area contributed by atoms with Crippen molar-refractivity contribution >= 4 is 74.8 Å². The van der Waals surface area contributed by atoms with E-state index in [1.54, 1.807) is 36.4 Å². The van der Waals surface area contributed by atoms with Crippen LogP contribution in [0.3, 0.4) is 0 Å². The van der Waals surface area contributed by atoms with Crippen LogP contribution in [-0.4, -0.2) is 35.9 Å². The van der Waals surface area contributed by atoms with Crippen molar-refractivity contribution < 1.29 is 24.2 Å². The Morgan fingerprint density at radius 1 is 1.37 bits per heavy atom. The summed E-state index contributed by atoms with van der Waals surface area (Å²) in [4.78, 5) is 28.1. The number of thioether (sulfide) groups is 1. The van der Waals surface area contributed by atoms with Crippen LogP contribution in [0.2, 0.25) is 5.02 Å². The summed E-state index contributed by atoms with van der Waals surface area (Å²) in [5.74, 6) is -0.623. The third-order valence-electron chi connectivity index (χ3n) is 3.92. The molecule has 7 nitrogen and oxygen atoms in total. The molecular formula is C20H16ClIN2O5S. The number of aliphatic carboxylic acids is 1. The number of amidine groups is 1. The summed E-state index contributed by atoms with van der Waals surface area (Å²) in [6, 6.07) is 8.80. The molecule has 0 radical (unpaired) electrons. The molecule has 1 heterocycles. The lowest BCUT2D eigenvalue weighted by Crippen LogP contribution is -2.19. The van der Waals surface area contributed by atoms with E-state index in [2.05, 4.69) is 10.3 Å². The first kappa shape index (κ1) is 22.4. The highest BCUT2D eigenvalue weighted by atomic mass is 127. The van der Waals surface area contributed by atoms with Crippen LogP contribution < -0.4 is 14.8 Å². The van der Waals surface area contributed by atoms with Gasteiger partial charge in [0.15, 0.2) is 23.3 Å². The van der Waals surface area contributed by atoms with E-state index in [-0.39, 0.29) is 5.91 Å². The van der Waals surface area contributed by atoms with Gasteiger partial charge in [-0.15, -0.1) is 0 Å². The van der Waals surface area contributed by atoms with E-state index in [0.717, 1.165) is 11.3 Å². The van der Waals surface area contributed by atoms with E-state index >= 15 is 0 Å². The maximum atomic E-state index is 12.4. The quantitative estimate of drug-likeness (QED) is 0.397. The molecule has 0 spiro atoms. The van der Waals surface area contributed by atoms with Gasteiger partial charge in [0, 0.05) is 5.02 Å². The molecule has 156 valence electrons. The Bertz CT molecular complexity index is 1090. The van der Waals surface area contributed by atoms with Crippen LogP contribution in [0, 0.1) is 10.5 Å². The first-order valence-corrected chi connectivity index (χ1v) is 10.8. The summed E-state index contributed by atoms with van der Waals surface area (Å²) in [6.07, 6.45) is 1.71. The van der Waals surface area contributed by atoms with Crippen molar-refractivity contribution in [1.82, 2.24) is 5.32 Å². The average molecular weight is 559 g/mol. The van der Waals surface area contributed by atoms with Crippen LogP contribution in [0.4, 0.5) is 5.69 Å². The summed E-state index contributed by atoms with van der Waals surface area (Å²) in [6.45, 7) is 1.42. The minimum absolute atomic E-state index is 0.259. The molecule has 0 aromatic heterocycles. The number of carbonyl (C=O) groups is 2. The van der Waals surface area contributed by atoms with Crippen LogP contribution >= 0.6 is 46.0 Å². The molecular weight excluding hydrogens is 543 g/mol. The maximum absolute atomic E-state index is 12.4. The molecule has 3 rings (SSSR count). The highest BCUT2D eigenvalue weighted by Crippen LogP contribution is 2.36. The third kappa shape index (κ3) is 5.46. The molecule has 1 aliphatic rings. The van der Waals surface area contributed by atoms with Crippen LogP contribution in [0.1, 0.15) is 11.1 Å². The van der Waals surface area contributed by atoms with E-state index in [9.17, 15) is 9.59 Å². The highest BCUT2D eigenvalue weighted by Gasteiger charge is 2.24. The van der Waals surface area contributed by atoms with Gasteiger partial charge in [-0.2, -0.15) is 0 Å². The molecule has 2 aromatic carbocycles. The number of carboxylic acids is 1. The predicted octanol–water partition coefficient (Wildman–Crippen LogP) is 4.62. The van der Waals surface area contributed by atoms with Gasteiger partial charge in [0.05, 0.1) is 21.3 Å². The lowest BCUT2D eigenvalue weighted by Gasteiger charge is -2.12. The zero-order valence-corrected chi connectivity index (χ0v) is 19.6. The summed E-state index contributed by atoms with van der Waals surface area (Å²) in [7, 11) is 1.46. The zero-order valence-electron chi connectivity index (χ0n) is 15.9. The second-order valence-corrected chi connectivity index (χ2v) is 8.76. The second kappa shape index (κ2) is 9.71. The minimum Gasteiger partial charge on any atom is -0.493 e. The van der Waals surface area contributed by atoms with Gasteiger partial charge in [0.2, 0.25) is 0 Å². The third-order valence-corrected chi connectivity index (χ3v) is 5.87. The molecule has 0 saturated carbocycles. The minimum atomic E-state index is -1.08. The van der Waals surface area contributed by atoms with Gasteiger partial charge in [-0.3, -0.25) is 4.79 Å². The number of nitrogens with zero attached hydrogens (tertiary/aromatic N) is 1. The number of carbonyl (C=O) groups excluding carboxylic acids is 1. The molecule has 0 bridgehead atoms. The van der Waals surface area contributed by atoms with Gasteiger partial charge in [-0.25, -0.2) is 9.79 Å². The Balaban J connectivity index is 1.86. The van der Waals surface area contributed by atoms with Crippen molar-refractivity contribution in [2.45, 2.75) is 6.92 Å². The number of methoxy groups -OCH3 is 1. The van der Waals surface area contributed by atoms with Crippen molar-refractivity contribution in [2.75, 3.05) is 13.7 Å². The molecule has 1 fully saturated rings. The first-order valence-electron chi connectivity index (χ1n) is 8.54. The van der Waals surface area contributed by atoms with Gasteiger partial charge in [0.1, 0.15) is 0 Å². The summed E-state index contributed by atoms with van der Waals surface area (Å²) in [5, 5.41) is 12.7. The number of rotatable bonds is 6. The van der Waals surface area contributed by atoms with Crippen molar-refractivity contribution in [3.63, 3.8) is 0 Å². The normalized spacial score (nSPS) is 16.1. The van der Waals surface area contributed by atoms with Crippen LogP contribution in [0.15, 0.2) is 40.2 Å². The molecule has 0 unspecified atom stereocenters. The second-order valence-electron chi connectivity index (χ2n) is 6.13. The van der Waals surface area contributed by atoms with Crippen LogP contribution in [0.5, 0.6) is 11.5 Å². The monoisotopic (exact) mass is 558 g/mol. The summed E-state index contributed by atoms with van der Waals surface area (Å²) >= 11 is 9.23. The number of halogens is 2. The Labute approximate surface area is 195 Å². The number of hydrogen-bond acceptors (Lipinski definition) is 6. The molecule has 10 heteroatoms. The molecule has 2 N–H and O–H groups in total. The average Bonchev–Trinajstić information content (AvgIpc) is 3.01. The number of nitrogens with one attached hydrogen (secondary N) is 1. The fourth-order valence-electron chi connectivity index (χ4n) is 2.58. The number of benzene rings is 2. The summed E-state index contributed by atoms with van der Waals surface area (Å²) in [5.41, 5.74) is 2.33. The topological polar surface area (TPSA) is 97.2 Å². The van der Waals surface area contributed by atoms with Gasteiger partial charge in [-0.1, -0.05) is 11.6 Å². The number of amides is 1. The lowest BCUT2D eigenvalue weighted by atomic mass is 10.2. The number of carboxylic acid groups (broad SMARTS) is 1. The molecule has 1 aliphatic heterocycles. The van der Waals surface area contributed by atoms with Gasteiger partial charge >= 0.3 is 5.97 Å². The van der Waals surface area contributed by atoms with Gasteiger partial charge in [-0.05, 0) is 88.8 Å². The SMILES string of the molecule is COc1cc(/C=C2\SC(=Nc3ccc(Cl)cc3C)NC2=O)cc(I)c1OCC(=O)O. The van der Waals surface area contributed by atoms with E-state index in [1.165, 1.54) is 18.9 Å². The van der Waals surface area contributed by atoms with Crippen molar-refractivity contribution in [1.29, 1.82) is 0 Å². The summed E-state index contributed by atoms with van der Waals surface area (Å²) < 4.78 is 11.3. The van der Waals surface area contributed by atoms with Crippen molar-refractivity contribution in [2.24, 2.45) is 4.99 Å². The number of hydrogen-bond donors (Lipinski definition) is 2. The van der Waals surface area contributed by atoms with Gasteiger partial charge in [0.25, 0.3) is 5.91 Å². The Morgan fingerprint density at radius 3 is 2.80 bits per heavy atom. The van der Waals surface area contributed by atoms with E-state index < -0.39 is 12.6 Å². The van der Waals surface area contributed by atoms with E-state index in [4.69, 9.17) is 26.2 Å². The fraction of sp³-hybridized carbons (Fsp3) is 0.150. The first-order chi connectivity index (χ1) is 14.3. The fourth-order valence-corrected chi connectivity index (χ4v) is 4.43. The molecule has 0 atom stereocenters. The largest absolute Gasteiger partial charge is 0.493 e. The lowest BCUT2D eigenvalue weighted by molar-refractivity contribution is -0.139. The standard InChI is InChI=1S/C20H16ClIN2O5S/c1-10-5-12(21)3-4-14(10)23-20-24-19(27)16(30-20)8-11-6-13(22)18(15(7-11)28-2)29-9-17(25)26/h3-8H,9H2,1-2H3,(H,25,26)(H,23,24,27)/b16-8-. The smallest absolute Gasteiger partial charge is 0.341 e. The number of ether oxygens (including phenoxy) is 2. The molecule has 0 aliphatic carbocycles. The molecule has 1 amide bonds. The van der Waals surface area contributed by atoms with E-state index in [0.29, 0.717) is 35.7 Å². The number of aryl methyl sites for hydroxylation is 1. The Hall–Kier alpha value is -2.24. The van der Waals surface area contributed by atoms with Crippen molar-refractivity contribution in [3.8, 4) is 11.5 Å². The predicted molar refractivity (Wildman–Crippen MR) is 126 cm³/mol. The van der Waals surface area contributed by atoms with Gasteiger partial charge < -0.3 is 19.9 Å². The van der Waals surface area contributed by atoms with Crippen molar-refractivity contribution in [3.05, 3.63) is 55.0 Å². The number of aliphatic imine (C=N–C) groups is 1. The van der Waals surface area contributed by atoms with Crippen LogP contribution in [0.25, 0.3) is 6.08 Å². The van der Waals surface area contributed by atoms with Crippen LogP contribution in [-0.2, 0) is 9.59 Å². The van der Waals surface area contributed by atoms with E-state index in [1.807, 2.05) is 29.5 Å². The molecule has 30 heavy (non-hydrogen) atoms. The Kier molecular flexibility index (Phi) is 7.27. The Morgan fingerprint density at radius 2 is 2.13 bits per heavy atom. The molecule has 2 aromatic rings. The highest BCUT2D eigenvalue weighted by molar-refractivity contribution is 14.1. The maximum Gasteiger partial charge on any atom is 0.341 e. The zero-order chi connectivity index (χ0) is 21.8.